The van der Waals surface area contributed by atoms with Crippen molar-refractivity contribution < 1.29 is 24.1 Å². The third-order valence-electron chi connectivity index (χ3n) is 2.64. The fraction of sp³-hybridized carbons (Fsp3) is 0.600. The minimum atomic E-state index is -0.0689. The number of para-hydroxylation sites is 1. The lowest BCUT2D eigenvalue weighted by Gasteiger charge is -2.15. The first kappa shape index (κ1) is 16.8. The van der Waals surface area contributed by atoms with Crippen LogP contribution in [0.2, 0.25) is 0 Å². The Kier molecular flexibility index (Phi) is 8.78. The summed E-state index contributed by atoms with van der Waals surface area (Å²) in [5.74, 6) is 1.29. The number of rotatable bonds is 11. The van der Waals surface area contributed by atoms with Crippen molar-refractivity contribution in [2.45, 2.75) is 20.0 Å². The first-order chi connectivity index (χ1) is 9.83. The van der Waals surface area contributed by atoms with E-state index >= 15 is 0 Å². The van der Waals surface area contributed by atoms with Crippen molar-refractivity contribution in [2.24, 2.45) is 0 Å². The predicted molar refractivity (Wildman–Crippen MR) is 76.3 cm³/mol. The summed E-state index contributed by atoms with van der Waals surface area (Å²) in [5, 5.41) is 9.34. The minimum absolute atomic E-state index is 0.0689. The fourth-order valence-corrected chi connectivity index (χ4v) is 1.70. The minimum Gasteiger partial charge on any atom is -0.490 e. The number of benzene rings is 1. The van der Waals surface area contributed by atoms with E-state index in [1.54, 1.807) is 7.11 Å². The lowest BCUT2D eigenvalue weighted by Crippen LogP contribution is -2.08. The Morgan fingerprint density at radius 2 is 1.90 bits per heavy atom. The predicted octanol–water partition coefficient (Wildman–Crippen LogP) is 2.01. The van der Waals surface area contributed by atoms with Gasteiger partial charge in [0, 0.05) is 25.7 Å². The molecule has 0 atom stereocenters. The van der Waals surface area contributed by atoms with E-state index in [4.69, 9.17) is 18.9 Å². The molecule has 5 heteroatoms. The molecule has 0 bridgehead atoms. The van der Waals surface area contributed by atoms with E-state index in [-0.39, 0.29) is 6.61 Å². The molecule has 0 aliphatic carbocycles. The second-order valence-corrected chi connectivity index (χ2v) is 4.14. The standard InChI is InChI=1S/C15H24O5/c1-3-19-14-7-4-6-13(12-16)15(14)20-9-5-8-18-11-10-17-2/h4,6-7,16H,3,5,8-12H2,1-2H3. The molecule has 0 amide bonds. The van der Waals surface area contributed by atoms with E-state index in [1.807, 2.05) is 25.1 Å². The lowest BCUT2D eigenvalue weighted by molar-refractivity contribution is 0.0641. The van der Waals surface area contributed by atoms with Crippen LogP contribution in [0.25, 0.3) is 0 Å². The first-order valence-corrected chi connectivity index (χ1v) is 6.88. The molecular weight excluding hydrogens is 260 g/mol. The highest BCUT2D eigenvalue weighted by Crippen LogP contribution is 2.31. The molecule has 0 spiro atoms. The first-order valence-electron chi connectivity index (χ1n) is 6.88. The zero-order valence-electron chi connectivity index (χ0n) is 12.3. The van der Waals surface area contributed by atoms with Gasteiger partial charge in [-0.2, -0.15) is 0 Å². The third-order valence-corrected chi connectivity index (χ3v) is 2.64. The van der Waals surface area contributed by atoms with Crippen LogP contribution in [0, 0.1) is 0 Å². The summed E-state index contributed by atoms with van der Waals surface area (Å²) in [6, 6.07) is 5.51. The Morgan fingerprint density at radius 3 is 2.60 bits per heavy atom. The summed E-state index contributed by atoms with van der Waals surface area (Å²) in [6.07, 6.45) is 0.773. The molecule has 0 aliphatic heterocycles. The van der Waals surface area contributed by atoms with Crippen molar-refractivity contribution in [1.82, 2.24) is 0 Å². The number of aliphatic hydroxyl groups is 1. The molecule has 0 saturated carbocycles. The van der Waals surface area contributed by atoms with Crippen molar-refractivity contribution in [3.05, 3.63) is 23.8 Å². The number of hydrogen-bond donors (Lipinski definition) is 1. The largest absolute Gasteiger partial charge is 0.490 e. The van der Waals surface area contributed by atoms with Crippen LogP contribution in [0.1, 0.15) is 18.9 Å². The molecule has 0 unspecified atom stereocenters. The van der Waals surface area contributed by atoms with Gasteiger partial charge in [0.1, 0.15) is 0 Å². The summed E-state index contributed by atoms with van der Waals surface area (Å²) in [5.41, 5.74) is 0.733. The van der Waals surface area contributed by atoms with Crippen LogP contribution in [0.4, 0.5) is 0 Å². The van der Waals surface area contributed by atoms with Crippen LogP contribution >= 0.6 is 0 Å². The maximum absolute atomic E-state index is 9.34. The Balaban J connectivity index is 2.41. The van der Waals surface area contributed by atoms with Crippen LogP contribution < -0.4 is 9.47 Å². The molecule has 0 fully saturated rings. The van der Waals surface area contributed by atoms with E-state index in [1.165, 1.54) is 0 Å². The van der Waals surface area contributed by atoms with Crippen LogP contribution in [0.15, 0.2) is 18.2 Å². The summed E-state index contributed by atoms with van der Waals surface area (Å²) < 4.78 is 21.5. The molecule has 0 radical (unpaired) electrons. The molecule has 1 N–H and O–H groups in total. The van der Waals surface area contributed by atoms with Crippen LogP contribution in [-0.2, 0) is 16.1 Å². The van der Waals surface area contributed by atoms with E-state index < -0.39 is 0 Å². The van der Waals surface area contributed by atoms with E-state index in [0.29, 0.717) is 44.5 Å². The average molecular weight is 284 g/mol. The average Bonchev–Trinajstić information content (AvgIpc) is 2.47. The lowest BCUT2D eigenvalue weighted by atomic mass is 10.2. The number of methoxy groups -OCH3 is 1. The van der Waals surface area contributed by atoms with Gasteiger partial charge < -0.3 is 24.1 Å². The Hall–Kier alpha value is -1.30. The van der Waals surface area contributed by atoms with Crippen molar-refractivity contribution in [3.8, 4) is 11.5 Å². The van der Waals surface area contributed by atoms with Gasteiger partial charge in [-0.3, -0.25) is 0 Å². The molecule has 1 aromatic rings. The topological polar surface area (TPSA) is 57.2 Å². The Bertz CT molecular complexity index is 367. The van der Waals surface area contributed by atoms with Crippen molar-refractivity contribution >= 4 is 0 Å². The molecule has 1 aromatic carbocycles. The molecular formula is C15H24O5. The monoisotopic (exact) mass is 284 g/mol. The molecule has 0 saturated heterocycles. The highest BCUT2D eigenvalue weighted by Gasteiger charge is 2.10. The highest BCUT2D eigenvalue weighted by molar-refractivity contribution is 5.46. The van der Waals surface area contributed by atoms with Gasteiger partial charge in [-0.25, -0.2) is 0 Å². The van der Waals surface area contributed by atoms with Gasteiger partial charge in [0.25, 0.3) is 0 Å². The van der Waals surface area contributed by atoms with E-state index in [9.17, 15) is 5.11 Å². The van der Waals surface area contributed by atoms with Crippen LogP contribution in [0.3, 0.4) is 0 Å². The highest BCUT2D eigenvalue weighted by atomic mass is 16.5. The van der Waals surface area contributed by atoms with Crippen molar-refractivity contribution in [1.29, 1.82) is 0 Å². The Labute approximate surface area is 120 Å². The van der Waals surface area contributed by atoms with E-state index in [2.05, 4.69) is 0 Å². The zero-order chi connectivity index (χ0) is 14.6. The number of ether oxygens (including phenoxy) is 4. The fourth-order valence-electron chi connectivity index (χ4n) is 1.70. The van der Waals surface area contributed by atoms with Gasteiger partial charge in [0.05, 0.1) is 33.0 Å². The molecule has 0 aromatic heterocycles. The van der Waals surface area contributed by atoms with Crippen LogP contribution in [0.5, 0.6) is 11.5 Å². The maximum Gasteiger partial charge on any atom is 0.166 e. The molecule has 0 aliphatic rings. The molecule has 20 heavy (non-hydrogen) atoms. The van der Waals surface area contributed by atoms with Gasteiger partial charge in [-0.05, 0) is 13.0 Å². The van der Waals surface area contributed by atoms with Gasteiger partial charge in [0.15, 0.2) is 11.5 Å². The van der Waals surface area contributed by atoms with Gasteiger partial charge in [-0.15, -0.1) is 0 Å². The molecule has 5 nitrogen and oxygen atoms in total. The molecule has 1 rings (SSSR count). The maximum atomic E-state index is 9.34. The van der Waals surface area contributed by atoms with E-state index in [0.717, 1.165) is 12.0 Å². The molecule has 0 heterocycles. The van der Waals surface area contributed by atoms with Gasteiger partial charge in [0.2, 0.25) is 0 Å². The summed E-state index contributed by atoms with van der Waals surface area (Å²) in [4.78, 5) is 0. The second-order valence-electron chi connectivity index (χ2n) is 4.14. The number of aliphatic hydroxyl groups excluding tert-OH is 1. The second kappa shape index (κ2) is 10.5. The quantitative estimate of drug-likeness (QED) is 0.630. The summed E-state index contributed by atoms with van der Waals surface area (Å²) >= 11 is 0. The smallest absolute Gasteiger partial charge is 0.166 e. The van der Waals surface area contributed by atoms with Crippen LogP contribution in [-0.4, -0.2) is 45.3 Å². The van der Waals surface area contributed by atoms with Gasteiger partial charge >= 0.3 is 0 Å². The third kappa shape index (κ3) is 5.77. The normalized spacial score (nSPS) is 10.6. The summed E-state index contributed by atoms with van der Waals surface area (Å²) in [7, 11) is 1.65. The SMILES string of the molecule is CCOc1cccc(CO)c1OCCCOCCOC. The summed E-state index contributed by atoms with van der Waals surface area (Å²) in [6.45, 7) is 4.74. The van der Waals surface area contributed by atoms with Crippen molar-refractivity contribution in [3.63, 3.8) is 0 Å². The molecule has 114 valence electrons. The number of hydrogen-bond acceptors (Lipinski definition) is 5. The Morgan fingerprint density at radius 1 is 1.05 bits per heavy atom. The van der Waals surface area contributed by atoms with Crippen molar-refractivity contribution in [2.75, 3.05) is 40.1 Å². The zero-order valence-corrected chi connectivity index (χ0v) is 12.3. The van der Waals surface area contributed by atoms with Gasteiger partial charge in [-0.1, -0.05) is 12.1 Å².